The van der Waals surface area contributed by atoms with Crippen molar-refractivity contribution in [2.45, 2.75) is 12.8 Å². The zero-order valence-electron chi connectivity index (χ0n) is 11.0. The summed E-state index contributed by atoms with van der Waals surface area (Å²) >= 11 is 0. The van der Waals surface area contributed by atoms with Gasteiger partial charge in [-0.15, -0.1) is 0 Å². The van der Waals surface area contributed by atoms with Crippen molar-refractivity contribution in [3.63, 3.8) is 0 Å². The van der Waals surface area contributed by atoms with Gasteiger partial charge in [0.15, 0.2) is 0 Å². The first kappa shape index (κ1) is 13.2. The fourth-order valence-electron chi connectivity index (χ4n) is 2.13. The highest BCUT2D eigenvalue weighted by Gasteiger charge is 2.02. The second-order valence-electron chi connectivity index (χ2n) is 4.49. The van der Waals surface area contributed by atoms with Crippen LogP contribution in [0, 0.1) is 0 Å². The molecule has 0 unspecified atom stereocenters. The lowest BCUT2D eigenvalue weighted by molar-refractivity contribution is 0.960. The molecule has 1 nitrogen and oxygen atoms in total. The predicted octanol–water partition coefficient (Wildman–Crippen LogP) is 4.25. The maximum absolute atomic E-state index is 5.98. The molecule has 0 atom stereocenters. The number of nitrogens with two attached hydrogens (primary N) is 1. The van der Waals surface area contributed by atoms with Crippen molar-refractivity contribution >= 4 is 11.8 Å². The number of benzene rings is 2. The topological polar surface area (TPSA) is 26.0 Å². The number of para-hydroxylation sites is 1. The largest absolute Gasteiger partial charge is 0.399 e. The fraction of sp³-hybridized carbons (Fsp3) is 0.111. The number of aryl methyl sites for hydroxylation is 2. The van der Waals surface area contributed by atoms with Crippen LogP contribution in [0.4, 0.5) is 5.69 Å². The van der Waals surface area contributed by atoms with Crippen LogP contribution in [-0.2, 0) is 12.8 Å². The van der Waals surface area contributed by atoms with Gasteiger partial charge in [0.1, 0.15) is 0 Å². The van der Waals surface area contributed by atoms with E-state index in [1.165, 1.54) is 16.7 Å². The van der Waals surface area contributed by atoms with Crippen LogP contribution in [0.25, 0.3) is 6.08 Å². The Bertz CT molecular complexity index is 582. The lowest BCUT2D eigenvalue weighted by atomic mass is 9.99. The van der Waals surface area contributed by atoms with Crippen molar-refractivity contribution in [3.8, 4) is 0 Å². The molecule has 0 bridgehead atoms. The lowest BCUT2D eigenvalue weighted by Crippen LogP contribution is -1.98. The van der Waals surface area contributed by atoms with Gasteiger partial charge in [0, 0.05) is 5.69 Å². The van der Waals surface area contributed by atoms with Gasteiger partial charge >= 0.3 is 0 Å². The highest BCUT2D eigenvalue weighted by molar-refractivity contribution is 5.55. The van der Waals surface area contributed by atoms with Crippen molar-refractivity contribution in [2.75, 3.05) is 5.73 Å². The Hall–Kier alpha value is -2.28. The van der Waals surface area contributed by atoms with E-state index >= 15 is 0 Å². The number of rotatable bonds is 5. The minimum atomic E-state index is 0.876. The van der Waals surface area contributed by atoms with E-state index in [-0.39, 0.29) is 0 Å². The summed E-state index contributed by atoms with van der Waals surface area (Å²) in [6.45, 7) is 3.71. The third-order valence-electron chi connectivity index (χ3n) is 3.19. The summed E-state index contributed by atoms with van der Waals surface area (Å²) in [6, 6.07) is 16.5. The Morgan fingerprint density at radius 2 is 1.53 bits per heavy atom. The third kappa shape index (κ3) is 3.59. The molecular weight excluding hydrogens is 230 g/mol. The molecule has 19 heavy (non-hydrogen) atoms. The van der Waals surface area contributed by atoms with Gasteiger partial charge in [0.25, 0.3) is 0 Å². The predicted molar refractivity (Wildman–Crippen MR) is 83.9 cm³/mol. The molecule has 0 fully saturated rings. The Morgan fingerprint density at radius 1 is 0.895 bits per heavy atom. The van der Waals surface area contributed by atoms with Crippen molar-refractivity contribution in [3.05, 3.63) is 84.0 Å². The Kier molecular flexibility index (Phi) is 4.57. The van der Waals surface area contributed by atoms with Crippen molar-refractivity contribution in [2.24, 2.45) is 0 Å². The molecule has 0 aromatic heterocycles. The molecule has 0 saturated heterocycles. The molecule has 0 aliphatic carbocycles. The minimum absolute atomic E-state index is 0.876. The second kappa shape index (κ2) is 6.60. The van der Waals surface area contributed by atoms with E-state index in [9.17, 15) is 0 Å². The molecule has 0 spiro atoms. The molecule has 0 aliphatic rings. The van der Waals surface area contributed by atoms with Crippen molar-refractivity contribution in [1.82, 2.24) is 0 Å². The first-order valence-electron chi connectivity index (χ1n) is 6.51. The van der Waals surface area contributed by atoms with Crippen LogP contribution in [0.1, 0.15) is 16.7 Å². The van der Waals surface area contributed by atoms with E-state index in [0.717, 1.165) is 18.5 Å². The number of hydrogen-bond acceptors (Lipinski definition) is 1. The molecule has 0 saturated carbocycles. The minimum Gasteiger partial charge on any atom is -0.399 e. The lowest BCUT2D eigenvalue weighted by Gasteiger charge is -2.08. The van der Waals surface area contributed by atoms with Crippen LogP contribution in [-0.4, -0.2) is 0 Å². The summed E-state index contributed by atoms with van der Waals surface area (Å²) in [6.07, 6.45) is 7.82. The monoisotopic (exact) mass is 249 g/mol. The highest BCUT2D eigenvalue weighted by atomic mass is 14.6. The maximum atomic E-state index is 5.98. The second-order valence-corrected chi connectivity index (χ2v) is 4.49. The number of anilines is 1. The van der Waals surface area contributed by atoms with Crippen LogP contribution in [0.2, 0.25) is 0 Å². The third-order valence-corrected chi connectivity index (χ3v) is 3.19. The number of hydrogen-bond donors (Lipinski definition) is 1. The molecular formula is C18H19N. The maximum Gasteiger partial charge on any atom is 0.0346 e. The van der Waals surface area contributed by atoms with Crippen LogP contribution >= 0.6 is 0 Å². The number of nitrogen functional groups attached to an aromatic ring is 1. The molecule has 2 aromatic carbocycles. The fourth-order valence-corrected chi connectivity index (χ4v) is 2.13. The molecule has 1 heteroatoms. The molecule has 0 heterocycles. The molecule has 2 rings (SSSR count). The van der Waals surface area contributed by atoms with Crippen molar-refractivity contribution in [1.29, 1.82) is 0 Å². The smallest absolute Gasteiger partial charge is 0.0346 e. The molecule has 0 aliphatic heterocycles. The SMILES string of the molecule is C=CC=Cc1ccccc1CCc1ccccc1N. The van der Waals surface area contributed by atoms with Crippen molar-refractivity contribution < 1.29 is 0 Å². The van der Waals surface area contributed by atoms with E-state index in [4.69, 9.17) is 5.73 Å². The average Bonchev–Trinajstić information content (AvgIpc) is 2.45. The number of allylic oxidation sites excluding steroid dienone is 2. The molecule has 0 amide bonds. The normalized spacial score (nSPS) is 10.7. The summed E-state index contributed by atoms with van der Waals surface area (Å²) < 4.78 is 0. The van der Waals surface area contributed by atoms with E-state index in [0.29, 0.717) is 0 Å². The van der Waals surface area contributed by atoms with Gasteiger partial charge in [-0.3, -0.25) is 0 Å². The summed E-state index contributed by atoms with van der Waals surface area (Å²) in [7, 11) is 0. The summed E-state index contributed by atoms with van der Waals surface area (Å²) in [4.78, 5) is 0. The van der Waals surface area contributed by atoms with Crippen LogP contribution < -0.4 is 5.73 Å². The van der Waals surface area contributed by atoms with Gasteiger partial charge in [0.05, 0.1) is 0 Å². The molecule has 0 radical (unpaired) electrons. The van der Waals surface area contributed by atoms with Gasteiger partial charge in [0.2, 0.25) is 0 Å². The first-order valence-corrected chi connectivity index (χ1v) is 6.51. The molecule has 2 aromatic rings. The zero-order chi connectivity index (χ0) is 13.5. The Labute approximate surface area is 115 Å². The van der Waals surface area contributed by atoms with E-state index in [1.54, 1.807) is 6.08 Å². The van der Waals surface area contributed by atoms with E-state index < -0.39 is 0 Å². The van der Waals surface area contributed by atoms with E-state index in [2.05, 4.69) is 43.0 Å². The quantitative estimate of drug-likeness (QED) is 0.622. The van der Waals surface area contributed by atoms with Gasteiger partial charge < -0.3 is 5.73 Å². The van der Waals surface area contributed by atoms with Crippen LogP contribution in [0.15, 0.2) is 67.3 Å². The summed E-state index contributed by atoms with van der Waals surface area (Å²) in [5, 5.41) is 0. The molecule has 2 N–H and O–H groups in total. The van der Waals surface area contributed by atoms with Gasteiger partial charge in [-0.2, -0.15) is 0 Å². The van der Waals surface area contributed by atoms with Gasteiger partial charge in [-0.25, -0.2) is 0 Å². The Balaban J connectivity index is 2.13. The standard InChI is InChI=1S/C18H19N/c1-2-3-8-15-9-4-5-10-16(15)13-14-17-11-6-7-12-18(17)19/h2-12H,1,13-14,19H2. The summed E-state index contributed by atoms with van der Waals surface area (Å²) in [5.41, 5.74) is 10.6. The Morgan fingerprint density at radius 3 is 2.26 bits per heavy atom. The van der Waals surface area contributed by atoms with E-state index in [1.807, 2.05) is 24.3 Å². The highest BCUT2D eigenvalue weighted by Crippen LogP contribution is 2.17. The molecule has 96 valence electrons. The van der Waals surface area contributed by atoms with Gasteiger partial charge in [-0.1, -0.05) is 67.3 Å². The van der Waals surface area contributed by atoms with Gasteiger partial charge in [-0.05, 0) is 35.6 Å². The zero-order valence-corrected chi connectivity index (χ0v) is 11.0. The first-order chi connectivity index (χ1) is 9.31. The van der Waals surface area contributed by atoms with Crippen LogP contribution in [0.5, 0.6) is 0 Å². The average molecular weight is 249 g/mol. The van der Waals surface area contributed by atoms with Crippen LogP contribution in [0.3, 0.4) is 0 Å². The summed E-state index contributed by atoms with van der Waals surface area (Å²) in [5.74, 6) is 0.